The van der Waals surface area contributed by atoms with E-state index in [1.165, 1.54) is 18.3 Å². The number of hydrogen-bond acceptors (Lipinski definition) is 4. The molecule has 1 aromatic heterocycles. The minimum Gasteiger partial charge on any atom is -0.477 e. The van der Waals surface area contributed by atoms with Gasteiger partial charge in [0.25, 0.3) is 5.91 Å². The molecule has 2 atom stereocenters. The monoisotopic (exact) mass is 290 g/mol. The molecular formula is C15H18N2O4. The van der Waals surface area contributed by atoms with Crippen molar-refractivity contribution in [1.82, 2.24) is 9.88 Å². The van der Waals surface area contributed by atoms with Gasteiger partial charge in [-0.1, -0.05) is 12.8 Å². The average Bonchev–Trinajstić information content (AvgIpc) is 2.53. The van der Waals surface area contributed by atoms with Crippen LogP contribution in [0.25, 0.3) is 0 Å². The summed E-state index contributed by atoms with van der Waals surface area (Å²) in [4.78, 5) is 29.1. The van der Waals surface area contributed by atoms with E-state index in [1.807, 2.05) is 4.90 Å². The van der Waals surface area contributed by atoms with Crippen molar-refractivity contribution in [2.45, 2.75) is 37.8 Å². The first-order valence-electron chi connectivity index (χ1n) is 7.29. The molecule has 2 aliphatic rings. The summed E-state index contributed by atoms with van der Waals surface area (Å²) in [5.74, 6) is -1.17. The molecule has 2 fully saturated rings. The van der Waals surface area contributed by atoms with Crippen molar-refractivity contribution in [2.75, 3.05) is 13.2 Å². The summed E-state index contributed by atoms with van der Waals surface area (Å²) in [5.41, 5.74) is 0.385. The van der Waals surface area contributed by atoms with Gasteiger partial charge in [-0.15, -0.1) is 0 Å². The number of nitrogens with zero attached hydrogens (tertiary/aromatic N) is 2. The number of carboxylic acids is 1. The van der Waals surface area contributed by atoms with Crippen LogP contribution in [0.3, 0.4) is 0 Å². The van der Waals surface area contributed by atoms with Gasteiger partial charge in [0.1, 0.15) is 5.69 Å². The van der Waals surface area contributed by atoms with Gasteiger partial charge in [-0.25, -0.2) is 9.78 Å². The van der Waals surface area contributed by atoms with E-state index in [0.717, 1.165) is 25.7 Å². The smallest absolute Gasteiger partial charge is 0.354 e. The number of fused-ring (bicyclic) bond motifs is 1. The fourth-order valence-electron chi connectivity index (χ4n) is 3.16. The standard InChI is InChI=1S/C15H18N2O4/c18-14(10-5-6-11(15(19)20)16-9-10)17-7-8-21-13-4-2-1-3-12(13)17/h5-6,9,12-13H,1-4,7-8H2,(H,19,20)/t12-,13-/m1/s1. The van der Waals surface area contributed by atoms with Crippen LogP contribution in [0, 0.1) is 0 Å². The van der Waals surface area contributed by atoms with Crippen molar-refractivity contribution < 1.29 is 19.4 Å². The normalized spacial score (nSPS) is 25.2. The molecule has 2 heterocycles. The lowest BCUT2D eigenvalue weighted by molar-refractivity contribution is -0.0752. The number of carbonyl (C=O) groups excluding carboxylic acids is 1. The zero-order valence-corrected chi connectivity index (χ0v) is 11.7. The highest BCUT2D eigenvalue weighted by Gasteiger charge is 2.37. The number of aromatic carboxylic acids is 1. The van der Waals surface area contributed by atoms with Crippen LogP contribution in [0.4, 0.5) is 0 Å². The second-order valence-electron chi connectivity index (χ2n) is 5.50. The van der Waals surface area contributed by atoms with E-state index in [-0.39, 0.29) is 23.7 Å². The van der Waals surface area contributed by atoms with Crippen LogP contribution in [-0.2, 0) is 4.74 Å². The van der Waals surface area contributed by atoms with Gasteiger partial charge in [-0.05, 0) is 25.0 Å². The highest BCUT2D eigenvalue weighted by Crippen LogP contribution is 2.29. The number of aromatic nitrogens is 1. The van der Waals surface area contributed by atoms with E-state index in [2.05, 4.69) is 4.98 Å². The Balaban J connectivity index is 1.78. The van der Waals surface area contributed by atoms with Crippen molar-refractivity contribution in [2.24, 2.45) is 0 Å². The van der Waals surface area contributed by atoms with Gasteiger partial charge in [-0.3, -0.25) is 4.79 Å². The van der Waals surface area contributed by atoms with Gasteiger partial charge < -0.3 is 14.7 Å². The topological polar surface area (TPSA) is 79.7 Å². The van der Waals surface area contributed by atoms with Crippen LogP contribution >= 0.6 is 0 Å². The lowest BCUT2D eigenvalue weighted by Crippen LogP contribution is -2.54. The summed E-state index contributed by atoms with van der Waals surface area (Å²) < 4.78 is 5.76. The van der Waals surface area contributed by atoms with Crippen LogP contribution in [-0.4, -0.2) is 52.2 Å². The number of rotatable bonds is 2. The van der Waals surface area contributed by atoms with Crippen LogP contribution in [0.15, 0.2) is 18.3 Å². The molecule has 1 aliphatic carbocycles. The summed E-state index contributed by atoms with van der Waals surface area (Å²) in [5, 5.41) is 8.84. The molecule has 3 rings (SSSR count). The Kier molecular flexibility index (Phi) is 3.88. The molecule has 0 radical (unpaired) electrons. The molecule has 1 aromatic rings. The lowest BCUT2D eigenvalue weighted by Gasteiger charge is -2.43. The maximum absolute atomic E-state index is 12.6. The van der Waals surface area contributed by atoms with Crippen LogP contribution in [0.5, 0.6) is 0 Å². The molecule has 0 spiro atoms. The van der Waals surface area contributed by atoms with Gasteiger partial charge in [0.05, 0.1) is 24.3 Å². The zero-order valence-electron chi connectivity index (χ0n) is 11.7. The Morgan fingerprint density at radius 3 is 2.81 bits per heavy atom. The molecule has 1 saturated heterocycles. The first-order chi connectivity index (χ1) is 10.2. The van der Waals surface area contributed by atoms with Gasteiger partial charge in [-0.2, -0.15) is 0 Å². The van der Waals surface area contributed by atoms with E-state index in [9.17, 15) is 9.59 Å². The van der Waals surface area contributed by atoms with E-state index in [4.69, 9.17) is 9.84 Å². The third-order valence-electron chi connectivity index (χ3n) is 4.22. The van der Waals surface area contributed by atoms with Crippen LogP contribution < -0.4 is 0 Å². The Bertz CT molecular complexity index is 541. The number of ether oxygens (including phenoxy) is 1. The highest BCUT2D eigenvalue weighted by atomic mass is 16.5. The van der Waals surface area contributed by atoms with Crippen molar-refractivity contribution in [3.63, 3.8) is 0 Å². The number of carboxylic acid groups (broad SMARTS) is 1. The van der Waals surface area contributed by atoms with Gasteiger partial charge in [0.2, 0.25) is 0 Å². The van der Waals surface area contributed by atoms with E-state index in [0.29, 0.717) is 18.7 Å². The van der Waals surface area contributed by atoms with E-state index < -0.39 is 5.97 Å². The highest BCUT2D eigenvalue weighted by molar-refractivity contribution is 5.95. The van der Waals surface area contributed by atoms with Gasteiger partial charge in [0, 0.05) is 12.7 Å². The van der Waals surface area contributed by atoms with Crippen molar-refractivity contribution in [3.05, 3.63) is 29.6 Å². The SMILES string of the molecule is O=C(O)c1ccc(C(=O)N2CCO[C@@H]3CCCC[C@H]32)cn1. The van der Waals surface area contributed by atoms with Crippen LogP contribution in [0.2, 0.25) is 0 Å². The van der Waals surface area contributed by atoms with Gasteiger partial charge >= 0.3 is 5.97 Å². The Morgan fingerprint density at radius 2 is 2.10 bits per heavy atom. The first kappa shape index (κ1) is 14.0. The van der Waals surface area contributed by atoms with Crippen molar-refractivity contribution in [1.29, 1.82) is 0 Å². The predicted molar refractivity (Wildman–Crippen MR) is 74.2 cm³/mol. The quantitative estimate of drug-likeness (QED) is 0.894. The molecule has 0 bridgehead atoms. The molecule has 21 heavy (non-hydrogen) atoms. The maximum atomic E-state index is 12.6. The van der Waals surface area contributed by atoms with E-state index in [1.54, 1.807) is 0 Å². The molecule has 1 amide bonds. The van der Waals surface area contributed by atoms with Gasteiger partial charge in [0.15, 0.2) is 0 Å². The largest absolute Gasteiger partial charge is 0.477 e. The minimum absolute atomic E-state index is 0.0518. The molecule has 6 heteroatoms. The maximum Gasteiger partial charge on any atom is 0.354 e. The second-order valence-corrected chi connectivity index (χ2v) is 5.50. The van der Waals surface area contributed by atoms with E-state index >= 15 is 0 Å². The summed E-state index contributed by atoms with van der Waals surface area (Å²) in [7, 11) is 0. The molecule has 1 N–H and O–H groups in total. The number of pyridine rings is 1. The molecule has 112 valence electrons. The molecular weight excluding hydrogens is 272 g/mol. The fourth-order valence-corrected chi connectivity index (χ4v) is 3.16. The molecule has 0 unspecified atom stereocenters. The fraction of sp³-hybridized carbons (Fsp3) is 0.533. The minimum atomic E-state index is -1.09. The number of amides is 1. The lowest BCUT2D eigenvalue weighted by atomic mass is 9.90. The number of carbonyl (C=O) groups is 2. The predicted octanol–water partition coefficient (Wildman–Crippen LogP) is 1.56. The van der Waals surface area contributed by atoms with Crippen molar-refractivity contribution in [3.8, 4) is 0 Å². The Hall–Kier alpha value is -1.95. The molecule has 1 aliphatic heterocycles. The third kappa shape index (κ3) is 2.76. The zero-order chi connectivity index (χ0) is 14.8. The average molecular weight is 290 g/mol. The second kappa shape index (κ2) is 5.81. The Labute approximate surface area is 122 Å². The Morgan fingerprint density at radius 1 is 1.29 bits per heavy atom. The molecule has 1 saturated carbocycles. The first-order valence-corrected chi connectivity index (χ1v) is 7.29. The summed E-state index contributed by atoms with van der Waals surface area (Å²) >= 11 is 0. The van der Waals surface area contributed by atoms with Crippen LogP contribution in [0.1, 0.15) is 46.5 Å². The third-order valence-corrected chi connectivity index (χ3v) is 4.22. The molecule has 6 nitrogen and oxygen atoms in total. The summed E-state index contributed by atoms with van der Waals surface area (Å²) in [6.07, 6.45) is 5.73. The number of morpholine rings is 1. The summed E-state index contributed by atoms with van der Waals surface area (Å²) in [6.45, 7) is 1.15. The number of hydrogen-bond donors (Lipinski definition) is 1. The van der Waals surface area contributed by atoms with Crippen molar-refractivity contribution >= 4 is 11.9 Å². The summed E-state index contributed by atoms with van der Waals surface area (Å²) in [6, 6.07) is 3.04. The molecule has 0 aromatic carbocycles.